The monoisotopic (exact) mass is 480 g/mol. The molecule has 164 valence electrons. The molecule has 0 radical (unpaired) electrons. The summed E-state index contributed by atoms with van der Waals surface area (Å²) in [6, 6.07) is 7.61. The topological polar surface area (TPSA) is 102 Å². The number of nitrogens with zero attached hydrogens (tertiary/aromatic N) is 4. The van der Waals surface area contributed by atoms with Crippen LogP contribution in [0.5, 0.6) is 0 Å². The molecule has 3 rings (SSSR count). The second-order valence-electron chi connectivity index (χ2n) is 6.37. The summed E-state index contributed by atoms with van der Waals surface area (Å²) >= 11 is 3.93. The predicted molar refractivity (Wildman–Crippen MR) is 122 cm³/mol. The van der Waals surface area contributed by atoms with Gasteiger partial charge in [-0.3, -0.25) is 9.59 Å². The zero-order valence-electron chi connectivity index (χ0n) is 16.9. The number of benzene rings is 1. The SMILES string of the molecule is CCCNC(=O)CSc1nnc(SCC(=O)Nc2cc(C)nn2-c2ccc(F)cc2)s1. The van der Waals surface area contributed by atoms with Crippen molar-refractivity contribution in [1.29, 1.82) is 0 Å². The summed E-state index contributed by atoms with van der Waals surface area (Å²) in [6.07, 6.45) is 0.891. The van der Waals surface area contributed by atoms with E-state index in [1.165, 1.54) is 47.0 Å². The van der Waals surface area contributed by atoms with Gasteiger partial charge in [-0.15, -0.1) is 10.2 Å². The number of anilines is 1. The number of nitrogens with one attached hydrogen (secondary N) is 2. The third-order valence-electron chi connectivity index (χ3n) is 3.78. The lowest BCUT2D eigenvalue weighted by Gasteiger charge is -2.08. The first-order chi connectivity index (χ1) is 14.9. The number of aryl methyl sites for hydroxylation is 1. The minimum Gasteiger partial charge on any atom is -0.355 e. The maximum Gasteiger partial charge on any atom is 0.235 e. The van der Waals surface area contributed by atoms with Gasteiger partial charge < -0.3 is 10.6 Å². The third kappa shape index (κ3) is 7.04. The molecule has 31 heavy (non-hydrogen) atoms. The number of halogens is 1. The van der Waals surface area contributed by atoms with Crippen LogP contribution in [0.25, 0.3) is 5.69 Å². The molecule has 0 bridgehead atoms. The van der Waals surface area contributed by atoms with Crippen LogP contribution in [0.4, 0.5) is 10.2 Å². The van der Waals surface area contributed by atoms with Crippen molar-refractivity contribution >= 4 is 52.5 Å². The highest BCUT2D eigenvalue weighted by Crippen LogP contribution is 2.28. The molecular formula is C19H21FN6O2S3. The Morgan fingerprint density at radius 3 is 2.39 bits per heavy atom. The van der Waals surface area contributed by atoms with E-state index >= 15 is 0 Å². The van der Waals surface area contributed by atoms with Crippen LogP contribution in [-0.4, -0.2) is 49.8 Å². The molecule has 2 N–H and O–H groups in total. The molecule has 0 aliphatic heterocycles. The number of rotatable bonds is 10. The molecule has 0 atom stereocenters. The average molecular weight is 481 g/mol. The molecular weight excluding hydrogens is 459 g/mol. The molecule has 2 aromatic heterocycles. The molecule has 2 amide bonds. The molecule has 1 aromatic carbocycles. The number of aromatic nitrogens is 4. The standard InChI is InChI=1S/C19H21FN6O2S3/c1-3-8-21-16(27)10-29-18-23-24-19(31-18)30-11-17(28)22-15-9-12(2)25-26(15)14-6-4-13(20)5-7-14/h4-7,9H,3,8,10-11H2,1-2H3,(H,21,27)(H,22,28). The van der Waals surface area contributed by atoms with Crippen LogP contribution in [0.15, 0.2) is 39.0 Å². The fourth-order valence-corrected chi connectivity index (χ4v) is 5.08. The summed E-state index contributed by atoms with van der Waals surface area (Å²) in [7, 11) is 0. The Bertz CT molecular complexity index is 1040. The van der Waals surface area contributed by atoms with E-state index in [1.54, 1.807) is 22.9 Å². The van der Waals surface area contributed by atoms with Crippen LogP contribution in [0.1, 0.15) is 19.0 Å². The van der Waals surface area contributed by atoms with Gasteiger partial charge in [-0.1, -0.05) is 41.8 Å². The van der Waals surface area contributed by atoms with Gasteiger partial charge in [0.05, 0.1) is 22.9 Å². The number of hydrogen-bond donors (Lipinski definition) is 2. The quantitative estimate of drug-likeness (QED) is 0.428. The molecule has 8 nitrogen and oxygen atoms in total. The van der Waals surface area contributed by atoms with E-state index in [1.807, 2.05) is 13.8 Å². The van der Waals surface area contributed by atoms with Gasteiger partial charge in [0.1, 0.15) is 11.6 Å². The molecule has 0 unspecified atom stereocenters. The summed E-state index contributed by atoms with van der Waals surface area (Å²) < 4.78 is 16.1. The van der Waals surface area contributed by atoms with Crippen LogP contribution >= 0.6 is 34.9 Å². The highest BCUT2D eigenvalue weighted by Gasteiger charge is 2.14. The molecule has 2 heterocycles. The fraction of sp³-hybridized carbons (Fsp3) is 0.316. The van der Waals surface area contributed by atoms with E-state index in [2.05, 4.69) is 25.9 Å². The van der Waals surface area contributed by atoms with Crippen molar-refractivity contribution in [3.8, 4) is 5.69 Å². The van der Waals surface area contributed by atoms with E-state index in [0.717, 1.165) is 12.1 Å². The number of carbonyl (C=O) groups is 2. The summed E-state index contributed by atoms with van der Waals surface area (Å²) in [5.74, 6) is 0.323. The normalized spacial score (nSPS) is 10.8. The van der Waals surface area contributed by atoms with E-state index in [-0.39, 0.29) is 29.1 Å². The second-order valence-corrected chi connectivity index (χ2v) is 9.79. The predicted octanol–water partition coefficient (Wildman–Crippen LogP) is 3.52. The van der Waals surface area contributed by atoms with Crippen molar-refractivity contribution in [3.63, 3.8) is 0 Å². The number of hydrogen-bond acceptors (Lipinski definition) is 8. The van der Waals surface area contributed by atoms with Gasteiger partial charge in [-0.25, -0.2) is 9.07 Å². The number of thioether (sulfide) groups is 2. The summed E-state index contributed by atoms with van der Waals surface area (Å²) in [4.78, 5) is 24.1. The Morgan fingerprint density at radius 1 is 1.10 bits per heavy atom. The van der Waals surface area contributed by atoms with Crippen LogP contribution in [0.3, 0.4) is 0 Å². The van der Waals surface area contributed by atoms with E-state index in [9.17, 15) is 14.0 Å². The van der Waals surface area contributed by atoms with Crippen LogP contribution < -0.4 is 10.6 Å². The van der Waals surface area contributed by atoms with Crippen LogP contribution in [-0.2, 0) is 9.59 Å². The Kier molecular flexibility index (Phi) is 8.43. The van der Waals surface area contributed by atoms with E-state index in [4.69, 9.17) is 0 Å². The molecule has 0 aliphatic carbocycles. The summed E-state index contributed by atoms with van der Waals surface area (Å²) in [5, 5.41) is 18.1. The van der Waals surface area contributed by atoms with Crippen molar-refractivity contribution in [1.82, 2.24) is 25.3 Å². The Morgan fingerprint density at radius 2 is 1.74 bits per heavy atom. The highest BCUT2D eigenvalue weighted by molar-refractivity contribution is 8.03. The van der Waals surface area contributed by atoms with Crippen LogP contribution in [0.2, 0.25) is 0 Å². The lowest BCUT2D eigenvalue weighted by Crippen LogP contribution is -2.25. The molecule has 0 saturated heterocycles. The van der Waals surface area contributed by atoms with Gasteiger partial charge >= 0.3 is 0 Å². The molecule has 12 heteroatoms. The van der Waals surface area contributed by atoms with Gasteiger partial charge in [-0.2, -0.15) is 5.10 Å². The first-order valence-corrected chi connectivity index (χ1v) is 12.2. The fourth-order valence-electron chi connectivity index (χ4n) is 2.43. The highest BCUT2D eigenvalue weighted by atomic mass is 32.2. The molecule has 0 spiro atoms. The van der Waals surface area contributed by atoms with Gasteiger partial charge in [0, 0.05) is 12.6 Å². The van der Waals surface area contributed by atoms with Crippen molar-refractivity contribution < 1.29 is 14.0 Å². The Balaban J connectivity index is 1.52. The van der Waals surface area contributed by atoms with Gasteiger partial charge in [0.15, 0.2) is 8.68 Å². The van der Waals surface area contributed by atoms with Gasteiger partial charge in [0.2, 0.25) is 11.8 Å². The zero-order chi connectivity index (χ0) is 22.2. The average Bonchev–Trinajstić information content (AvgIpc) is 3.36. The summed E-state index contributed by atoms with van der Waals surface area (Å²) in [6.45, 7) is 4.47. The minimum atomic E-state index is -0.342. The van der Waals surface area contributed by atoms with Crippen molar-refractivity contribution in [2.45, 2.75) is 28.9 Å². The Labute approximate surface area is 191 Å². The van der Waals surface area contributed by atoms with Crippen LogP contribution in [0, 0.1) is 12.7 Å². The smallest absolute Gasteiger partial charge is 0.235 e. The molecule has 3 aromatic rings. The van der Waals surface area contributed by atoms with E-state index < -0.39 is 0 Å². The first-order valence-electron chi connectivity index (χ1n) is 9.43. The molecule has 0 aliphatic rings. The second kappa shape index (κ2) is 11.3. The third-order valence-corrected chi connectivity index (χ3v) is 6.97. The first kappa shape index (κ1) is 23.2. The lowest BCUT2D eigenvalue weighted by atomic mass is 10.3. The summed E-state index contributed by atoms with van der Waals surface area (Å²) in [5.41, 5.74) is 1.37. The van der Waals surface area contributed by atoms with Gasteiger partial charge in [-0.05, 0) is 37.6 Å². The maximum atomic E-state index is 13.2. The van der Waals surface area contributed by atoms with Gasteiger partial charge in [0.25, 0.3) is 0 Å². The minimum absolute atomic E-state index is 0.0382. The molecule has 0 fully saturated rings. The number of amides is 2. The van der Waals surface area contributed by atoms with Crippen molar-refractivity contribution in [3.05, 3.63) is 41.8 Å². The number of carbonyl (C=O) groups excluding carboxylic acids is 2. The maximum absolute atomic E-state index is 13.2. The zero-order valence-corrected chi connectivity index (χ0v) is 19.4. The van der Waals surface area contributed by atoms with E-state index in [0.29, 0.717) is 26.7 Å². The largest absolute Gasteiger partial charge is 0.355 e. The Hall–Kier alpha value is -2.44. The van der Waals surface area contributed by atoms with Crippen molar-refractivity contribution in [2.24, 2.45) is 0 Å². The molecule has 0 saturated carbocycles. The van der Waals surface area contributed by atoms with Crippen molar-refractivity contribution in [2.75, 3.05) is 23.4 Å². The lowest BCUT2D eigenvalue weighted by molar-refractivity contribution is -0.118.